The van der Waals surface area contributed by atoms with Crippen LogP contribution in [0, 0.1) is 17.5 Å². The number of aromatic nitrogens is 4. The first-order chi connectivity index (χ1) is 13.9. The quantitative estimate of drug-likeness (QED) is 0.524. The second-order valence-corrected chi connectivity index (χ2v) is 6.04. The Labute approximate surface area is 161 Å². The molecule has 0 saturated carbocycles. The van der Waals surface area contributed by atoms with Crippen LogP contribution in [0.5, 0.6) is 17.5 Å². The fraction of sp³-hybridized carbons (Fsp3) is 0.105. The van der Waals surface area contributed by atoms with E-state index in [1.165, 1.54) is 36.2 Å². The fourth-order valence-electron chi connectivity index (χ4n) is 2.78. The minimum absolute atomic E-state index is 0.0329. The van der Waals surface area contributed by atoms with Crippen LogP contribution in [-0.2, 0) is 7.05 Å². The number of hydrogen-bond acceptors (Lipinski definition) is 5. The zero-order valence-corrected chi connectivity index (χ0v) is 15.2. The topological polar surface area (TPSA) is 71.2 Å². The molecule has 0 radical (unpaired) electrons. The van der Waals surface area contributed by atoms with Gasteiger partial charge < -0.3 is 14.0 Å². The predicted octanol–water partition coefficient (Wildman–Crippen LogP) is 3.34. The molecule has 0 amide bonds. The van der Waals surface area contributed by atoms with Gasteiger partial charge in [-0.05, 0) is 36.4 Å². The first-order valence-electron chi connectivity index (χ1n) is 8.30. The Balaban J connectivity index is 1.94. The maximum absolute atomic E-state index is 14.4. The lowest BCUT2D eigenvalue weighted by Crippen LogP contribution is -2.22. The molecule has 0 aliphatic rings. The Hall–Kier alpha value is -3.82. The van der Waals surface area contributed by atoms with E-state index in [0.29, 0.717) is 0 Å². The minimum Gasteiger partial charge on any atom is -0.494 e. The van der Waals surface area contributed by atoms with Crippen molar-refractivity contribution in [1.29, 1.82) is 0 Å². The van der Waals surface area contributed by atoms with Crippen molar-refractivity contribution in [3.8, 4) is 23.2 Å². The molecule has 10 heteroatoms. The summed E-state index contributed by atoms with van der Waals surface area (Å²) in [7, 11) is 2.81. The van der Waals surface area contributed by atoms with Gasteiger partial charge in [0.2, 0.25) is 11.6 Å². The molecule has 148 valence electrons. The fourth-order valence-corrected chi connectivity index (χ4v) is 2.78. The molecule has 0 saturated heterocycles. The third-order valence-corrected chi connectivity index (χ3v) is 4.22. The highest BCUT2D eigenvalue weighted by atomic mass is 19.2. The van der Waals surface area contributed by atoms with Gasteiger partial charge >= 0.3 is 6.01 Å². The molecule has 0 aliphatic carbocycles. The van der Waals surface area contributed by atoms with Crippen LogP contribution in [0.3, 0.4) is 0 Å². The van der Waals surface area contributed by atoms with Crippen LogP contribution in [0.25, 0.3) is 16.9 Å². The van der Waals surface area contributed by atoms with Gasteiger partial charge in [0.15, 0.2) is 22.7 Å². The van der Waals surface area contributed by atoms with Crippen molar-refractivity contribution in [2.24, 2.45) is 7.05 Å². The standard InChI is InChI=1S/C19H13F3N4O3/c1-25-9-23-16-17(25)24-19(26(18(16)27)11-5-3-10(20)4-6-11)29-13-8-7-12(28-2)14(21)15(13)22/h3-9H,1-2H3. The van der Waals surface area contributed by atoms with Crippen molar-refractivity contribution >= 4 is 11.2 Å². The van der Waals surface area contributed by atoms with Gasteiger partial charge in [-0.3, -0.25) is 4.79 Å². The second kappa shape index (κ2) is 6.97. The van der Waals surface area contributed by atoms with Gasteiger partial charge in [0, 0.05) is 7.05 Å². The molecule has 2 heterocycles. The lowest BCUT2D eigenvalue weighted by atomic mass is 10.3. The van der Waals surface area contributed by atoms with Crippen molar-refractivity contribution in [3.05, 3.63) is 70.5 Å². The normalized spacial score (nSPS) is 11.1. The summed E-state index contributed by atoms with van der Waals surface area (Å²) < 4.78 is 54.4. The number of fused-ring (bicyclic) bond motifs is 1. The monoisotopic (exact) mass is 402 g/mol. The van der Waals surface area contributed by atoms with Crippen molar-refractivity contribution in [2.75, 3.05) is 7.11 Å². The smallest absolute Gasteiger partial charge is 0.311 e. The van der Waals surface area contributed by atoms with E-state index in [2.05, 4.69) is 9.97 Å². The predicted molar refractivity (Wildman–Crippen MR) is 97.0 cm³/mol. The van der Waals surface area contributed by atoms with Crippen molar-refractivity contribution in [1.82, 2.24) is 19.1 Å². The third-order valence-electron chi connectivity index (χ3n) is 4.22. The largest absolute Gasteiger partial charge is 0.494 e. The van der Waals surface area contributed by atoms with E-state index in [0.717, 1.165) is 22.8 Å². The van der Waals surface area contributed by atoms with Crippen molar-refractivity contribution in [3.63, 3.8) is 0 Å². The molecule has 0 bridgehead atoms. The number of benzene rings is 2. The van der Waals surface area contributed by atoms with E-state index in [1.807, 2.05) is 0 Å². The summed E-state index contributed by atoms with van der Waals surface area (Å²) in [5, 5.41) is 0. The van der Waals surface area contributed by atoms with Gasteiger partial charge in [-0.25, -0.2) is 13.9 Å². The number of halogens is 3. The number of methoxy groups -OCH3 is 1. The summed E-state index contributed by atoms with van der Waals surface area (Å²) in [6.07, 6.45) is 1.38. The lowest BCUT2D eigenvalue weighted by molar-refractivity contribution is 0.350. The minimum atomic E-state index is -1.31. The van der Waals surface area contributed by atoms with E-state index in [-0.39, 0.29) is 28.6 Å². The zero-order valence-electron chi connectivity index (χ0n) is 15.2. The lowest BCUT2D eigenvalue weighted by Gasteiger charge is -2.14. The van der Waals surface area contributed by atoms with Gasteiger partial charge in [-0.2, -0.15) is 13.8 Å². The third kappa shape index (κ3) is 3.08. The number of aryl methyl sites for hydroxylation is 1. The molecule has 4 aromatic rings. The zero-order chi connectivity index (χ0) is 20.7. The SMILES string of the molecule is COc1ccc(Oc2nc3c(ncn3C)c(=O)n2-c2ccc(F)cc2)c(F)c1F. The van der Waals surface area contributed by atoms with Crippen LogP contribution in [-0.4, -0.2) is 26.2 Å². The molecule has 4 rings (SSSR count). The summed E-state index contributed by atoms with van der Waals surface area (Å²) in [6, 6.07) is 6.91. The van der Waals surface area contributed by atoms with E-state index >= 15 is 0 Å². The average Bonchev–Trinajstić information content (AvgIpc) is 3.08. The molecule has 2 aromatic heterocycles. The van der Waals surface area contributed by atoms with Crippen LogP contribution >= 0.6 is 0 Å². The van der Waals surface area contributed by atoms with Gasteiger partial charge in [0.25, 0.3) is 5.56 Å². The van der Waals surface area contributed by atoms with Crippen LogP contribution in [0.15, 0.2) is 47.5 Å². The highest BCUT2D eigenvalue weighted by Gasteiger charge is 2.21. The summed E-state index contributed by atoms with van der Waals surface area (Å²) in [4.78, 5) is 21.2. The van der Waals surface area contributed by atoms with Crippen LogP contribution in [0.4, 0.5) is 13.2 Å². The van der Waals surface area contributed by atoms with Crippen LogP contribution in [0.1, 0.15) is 0 Å². The molecule has 0 atom stereocenters. The number of hydrogen-bond donors (Lipinski definition) is 0. The first kappa shape index (κ1) is 18.5. The number of imidazole rings is 1. The van der Waals surface area contributed by atoms with Crippen LogP contribution in [0.2, 0.25) is 0 Å². The number of rotatable bonds is 4. The number of ether oxygens (including phenoxy) is 2. The van der Waals surface area contributed by atoms with Gasteiger partial charge in [0.05, 0.1) is 19.1 Å². The van der Waals surface area contributed by atoms with Crippen molar-refractivity contribution in [2.45, 2.75) is 0 Å². The molecule has 0 fully saturated rings. The van der Waals surface area contributed by atoms with Gasteiger partial charge in [0.1, 0.15) is 5.82 Å². The Morgan fingerprint density at radius 3 is 2.31 bits per heavy atom. The molecule has 0 spiro atoms. The molecule has 7 nitrogen and oxygen atoms in total. The Morgan fingerprint density at radius 1 is 0.966 bits per heavy atom. The summed E-state index contributed by atoms with van der Waals surface area (Å²) in [6.45, 7) is 0. The Kier molecular flexibility index (Phi) is 4.45. The summed E-state index contributed by atoms with van der Waals surface area (Å²) in [5.74, 6) is -3.88. The Bertz CT molecular complexity index is 1280. The summed E-state index contributed by atoms with van der Waals surface area (Å²) >= 11 is 0. The Morgan fingerprint density at radius 2 is 1.62 bits per heavy atom. The van der Waals surface area contributed by atoms with Crippen molar-refractivity contribution < 1.29 is 22.6 Å². The van der Waals surface area contributed by atoms with Gasteiger partial charge in [-0.1, -0.05) is 0 Å². The van der Waals surface area contributed by atoms with Gasteiger partial charge in [-0.15, -0.1) is 0 Å². The maximum atomic E-state index is 14.4. The second-order valence-electron chi connectivity index (χ2n) is 6.04. The highest BCUT2D eigenvalue weighted by molar-refractivity contribution is 5.70. The molecular weight excluding hydrogens is 389 g/mol. The van der Waals surface area contributed by atoms with E-state index in [4.69, 9.17) is 9.47 Å². The first-order valence-corrected chi connectivity index (χ1v) is 8.30. The van der Waals surface area contributed by atoms with Crippen LogP contribution < -0.4 is 15.0 Å². The molecule has 2 aromatic carbocycles. The number of nitrogens with zero attached hydrogens (tertiary/aromatic N) is 4. The van der Waals surface area contributed by atoms with E-state index in [1.54, 1.807) is 7.05 Å². The van der Waals surface area contributed by atoms with E-state index in [9.17, 15) is 18.0 Å². The summed E-state index contributed by atoms with van der Waals surface area (Å²) in [5.41, 5.74) is -0.198. The average molecular weight is 402 g/mol. The van der Waals surface area contributed by atoms with E-state index < -0.39 is 28.8 Å². The molecule has 0 unspecified atom stereocenters. The molecule has 29 heavy (non-hydrogen) atoms. The highest BCUT2D eigenvalue weighted by Crippen LogP contribution is 2.31. The molecular formula is C19H13F3N4O3. The molecule has 0 N–H and O–H groups in total. The maximum Gasteiger partial charge on any atom is 0.311 e. The molecule has 0 aliphatic heterocycles.